The van der Waals surface area contributed by atoms with Crippen LogP contribution in [-0.4, -0.2) is 3.94 Å². The van der Waals surface area contributed by atoms with Gasteiger partial charge in [-0.05, 0) is 41.2 Å². The first-order valence-electron chi connectivity index (χ1n) is 3.65. The third-order valence-corrected chi connectivity index (χ3v) is 1.82. The summed E-state index contributed by atoms with van der Waals surface area (Å²) < 4.78 is 37.2. The second-order valence-electron chi connectivity index (χ2n) is 2.66. The van der Waals surface area contributed by atoms with Gasteiger partial charge in [-0.2, -0.15) is 13.2 Å². The van der Waals surface area contributed by atoms with Crippen LogP contribution in [0.2, 0.25) is 0 Å². The van der Waals surface area contributed by atoms with Gasteiger partial charge in [-0.25, -0.2) is 0 Å². The molecule has 0 aromatic heterocycles. The second kappa shape index (κ2) is 4.38. The molecule has 1 aromatic carbocycles. The van der Waals surface area contributed by atoms with Crippen molar-refractivity contribution in [2.75, 3.05) is 0 Å². The number of hydrogen-bond acceptors (Lipinski definition) is 1. The van der Waals surface area contributed by atoms with E-state index in [1.807, 2.05) is 0 Å². The summed E-state index contributed by atoms with van der Waals surface area (Å²) in [6, 6.07) is 4.65. The van der Waals surface area contributed by atoms with Crippen LogP contribution in [0.15, 0.2) is 24.3 Å². The fraction of sp³-hybridized carbons (Fsp3) is 0.250. The molecule has 14 heavy (non-hydrogen) atoms. The van der Waals surface area contributed by atoms with Crippen molar-refractivity contribution >= 4 is 23.6 Å². The van der Waals surface area contributed by atoms with Crippen LogP contribution in [0.1, 0.15) is 11.1 Å². The average Bonchev–Trinajstić information content (AvgIpc) is 2.02. The molecular formula is C8H6Cl2F3N. The zero-order valence-corrected chi connectivity index (χ0v) is 8.37. The molecule has 0 aliphatic heterocycles. The van der Waals surface area contributed by atoms with Crippen LogP contribution >= 0.6 is 23.6 Å². The van der Waals surface area contributed by atoms with Gasteiger partial charge in [0.1, 0.15) is 0 Å². The maximum atomic E-state index is 12.1. The molecule has 0 saturated heterocycles. The molecule has 78 valence electrons. The average molecular weight is 244 g/mol. The van der Waals surface area contributed by atoms with Crippen molar-refractivity contribution in [1.82, 2.24) is 3.94 Å². The first-order chi connectivity index (χ1) is 6.39. The number of halogens is 5. The van der Waals surface area contributed by atoms with E-state index in [9.17, 15) is 13.2 Å². The third-order valence-electron chi connectivity index (χ3n) is 1.58. The molecule has 0 fully saturated rings. The molecule has 0 saturated carbocycles. The second-order valence-corrected chi connectivity index (χ2v) is 3.64. The fourth-order valence-corrected chi connectivity index (χ4v) is 1.21. The van der Waals surface area contributed by atoms with Crippen molar-refractivity contribution in [3.05, 3.63) is 35.4 Å². The minimum absolute atomic E-state index is 0.182. The van der Waals surface area contributed by atoms with Crippen molar-refractivity contribution in [3.8, 4) is 0 Å². The van der Waals surface area contributed by atoms with Gasteiger partial charge in [0.05, 0.1) is 12.1 Å². The summed E-state index contributed by atoms with van der Waals surface area (Å²) in [5.41, 5.74) is -0.0695. The van der Waals surface area contributed by atoms with Crippen LogP contribution in [0.5, 0.6) is 0 Å². The summed E-state index contributed by atoms with van der Waals surface area (Å²) in [7, 11) is 0. The Bertz CT molecular complexity index is 294. The van der Waals surface area contributed by atoms with Gasteiger partial charge >= 0.3 is 6.18 Å². The Kier molecular flexibility index (Phi) is 3.64. The van der Waals surface area contributed by atoms with E-state index in [2.05, 4.69) is 0 Å². The molecule has 0 aliphatic rings. The van der Waals surface area contributed by atoms with Gasteiger partial charge in [-0.3, -0.25) is 0 Å². The Balaban J connectivity index is 2.79. The van der Waals surface area contributed by atoms with Crippen LogP contribution in [0.25, 0.3) is 0 Å². The molecule has 1 rings (SSSR count). The summed E-state index contributed by atoms with van der Waals surface area (Å²) >= 11 is 10.6. The lowest BCUT2D eigenvalue weighted by molar-refractivity contribution is -0.137. The summed E-state index contributed by atoms with van der Waals surface area (Å²) in [6.07, 6.45) is -4.31. The monoisotopic (exact) mass is 243 g/mol. The third kappa shape index (κ3) is 3.36. The molecule has 6 heteroatoms. The van der Waals surface area contributed by atoms with E-state index < -0.39 is 11.7 Å². The van der Waals surface area contributed by atoms with Crippen LogP contribution in [-0.2, 0) is 12.7 Å². The predicted molar refractivity (Wildman–Crippen MR) is 48.7 cm³/mol. The van der Waals surface area contributed by atoms with Crippen LogP contribution < -0.4 is 0 Å². The minimum Gasteiger partial charge on any atom is -0.166 e. The summed E-state index contributed by atoms with van der Waals surface area (Å²) in [4.78, 5) is 0. The maximum Gasteiger partial charge on any atom is 0.416 e. The SMILES string of the molecule is FC(F)(F)c1ccc(CN(Cl)Cl)cc1. The van der Waals surface area contributed by atoms with E-state index in [0.717, 1.165) is 16.1 Å². The van der Waals surface area contributed by atoms with E-state index in [0.29, 0.717) is 5.56 Å². The van der Waals surface area contributed by atoms with Gasteiger partial charge in [0, 0.05) is 0 Å². The van der Waals surface area contributed by atoms with E-state index in [1.165, 1.54) is 12.1 Å². The molecule has 0 amide bonds. The van der Waals surface area contributed by atoms with Crippen molar-refractivity contribution in [2.24, 2.45) is 0 Å². The van der Waals surface area contributed by atoms with E-state index >= 15 is 0 Å². The summed E-state index contributed by atoms with van der Waals surface area (Å²) in [6.45, 7) is 0.182. The molecule has 0 spiro atoms. The Labute approximate surface area is 89.2 Å². The highest BCUT2D eigenvalue weighted by molar-refractivity contribution is 6.33. The molecular weight excluding hydrogens is 238 g/mol. The molecule has 0 heterocycles. The molecule has 0 bridgehead atoms. The molecule has 0 aliphatic carbocycles. The van der Waals surface area contributed by atoms with Crippen molar-refractivity contribution in [1.29, 1.82) is 0 Å². The molecule has 0 unspecified atom stereocenters. The Morgan fingerprint density at radius 1 is 1.07 bits per heavy atom. The number of rotatable bonds is 2. The predicted octanol–water partition coefficient (Wildman–Crippen LogP) is 3.82. The van der Waals surface area contributed by atoms with Gasteiger partial charge in [0.15, 0.2) is 0 Å². The summed E-state index contributed by atoms with van der Waals surface area (Å²) in [5, 5.41) is 0. The smallest absolute Gasteiger partial charge is 0.166 e. The number of hydrogen-bond donors (Lipinski definition) is 0. The molecule has 0 atom stereocenters. The normalized spacial score (nSPS) is 12.1. The van der Waals surface area contributed by atoms with Crippen LogP contribution in [0.4, 0.5) is 13.2 Å². The molecule has 0 N–H and O–H groups in total. The van der Waals surface area contributed by atoms with Gasteiger partial charge in [-0.15, -0.1) is 3.94 Å². The lowest BCUT2D eigenvalue weighted by Crippen LogP contribution is -2.05. The van der Waals surface area contributed by atoms with E-state index in [1.54, 1.807) is 0 Å². The fourth-order valence-electron chi connectivity index (χ4n) is 0.937. The first-order valence-corrected chi connectivity index (χ1v) is 4.32. The van der Waals surface area contributed by atoms with Crippen molar-refractivity contribution in [3.63, 3.8) is 0 Å². The Hall–Kier alpha value is -0.450. The number of nitrogens with zero attached hydrogens (tertiary/aromatic N) is 1. The zero-order valence-electron chi connectivity index (χ0n) is 6.85. The lowest BCUT2D eigenvalue weighted by Gasteiger charge is -2.08. The molecule has 1 aromatic rings. The number of benzene rings is 1. The van der Waals surface area contributed by atoms with Crippen molar-refractivity contribution < 1.29 is 13.2 Å². The molecule has 1 nitrogen and oxygen atoms in total. The van der Waals surface area contributed by atoms with E-state index in [-0.39, 0.29) is 6.54 Å². The largest absolute Gasteiger partial charge is 0.416 e. The Morgan fingerprint density at radius 2 is 1.57 bits per heavy atom. The topological polar surface area (TPSA) is 3.24 Å². The number of alkyl halides is 3. The zero-order chi connectivity index (χ0) is 10.8. The summed E-state index contributed by atoms with van der Waals surface area (Å²) in [5.74, 6) is 0. The van der Waals surface area contributed by atoms with Gasteiger partial charge < -0.3 is 0 Å². The molecule has 0 radical (unpaired) electrons. The van der Waals surface area contributed by atoms with Gasteiger partial charge in [0.25, 0.3) is 0 Å². The van der Waals surface area contributed by atoms with Gasteiger partial charge in [0.2, 0.25) is 0 Å². The van der Waals surface area contributed by atoms with Crippen LogP contribution in [0.3, 0.4) is 0 Å². The highest BCUT2D eigenvalue weighted by atomic mass is 35.5. The quantitative estimate of drug-likeness (QED) is 0.715. The highest BCUT2D eigenvalue weighted by Gasteiger charge is 2.29. The van der Waals surface area contributed by atoms with E-state index in [4.69, 9.17) is 23.6 Å². The highest BCUT2D eigenvalue weighted by Crippen LogP contribution is 2.29. The van der Waals surface area contributed by atoms with Crippen LogP contribution in [0, 0.1) is 0 Å². The van der Waals surface area contributed by atoms with Crippen molar-refractivity contribution in [2.45, 2.75) is 12.7 Å². The first kappa shape index (κ1) is 11.6. The Morgan fingerprint density at radius 3 is 1.93 bits per heavy atom. The minimum atomic E-state index is -4.31. The standard InChI is InChI=1S/C8H6Cl2F3N/c9-14(10)5-6-1-3-7(4-2-6)8(11,12)13/h1-4H,5H2. The lowest BCUT2D eigenvalue weighted by atomic mass is 10.1. The van der Waals surface area contributed by atoms with Gasteiger partial charge in [-0.1, -0.05) is 12.1 Å². The maximum absolute atomic E-state index is 12.1.